The van der Waals surface area contributed by atoms with Crippen molar-refractivity contribution in [3.05, 3.63) is 35.5 Å². The fraction of sp³-hybridized carbons (Fsp3) is 0.333. The Balaban J connectivity index is 1.74. The van der Waals surface area contributed by atoms with Crippen LogP contribution in [0.2, 0.25) is 0 Å². The fourth-order valence-corrected chi connectivity index (χ4v) is 4.66. The first-order valence-corrected chi connectivity index (χ1v) is 9.43. The molecule has 2 bridgehead atoms. The Bertz CT molecular complexity index is 983. The van der Waals surface area contributed by atoms with Crippen molar-refractivity contribution < 1.29 is 29.2 Å². The number of hydrogen-bond donors (Lipinski definition) is 2. The first-order valence-electron chi connectivity index (χ1n) is 8.55. The number of aliphatic carboxylic acids is 2. The van der Waals surface area contributed by atoms with Crippen LogP contribution in [0.1, 0.15) is 16.9 Å². The average molecular weight is 387 g/mol. The van der Waals surface area contributed by atoms with Gasteiger partial charge in [-0.2, -0.15) is 4.57 Å². The summed E-state index contributed by atoms with van der Waals surface area (Å²) in [5.74, 6) is -3.14. The monoisotopic (exact) mass is 387 g/mol. The molecule has 2 unspecified atom stereocenters. The smallest absolute Gasteiger partial charge is 0.335 e. The van der Waals surface area contributed by atoms with Gasteiger partial charge in [-0.15, -0.1) is 11.3 Å². The number of piperidine rings is 1. The number of carboxylic acids is 2. The van der Waals surface area contributed by atoms with Crippen LogP contribution in [0, 0.1) is 5.92 Å². The summed E-state index contributed by atoms with van der Waals surface area (Å²) < 4.78 is 1.89. The van der Waals surface area contributed by atoms with E-state index in [0.717, 1.165) is 35.3 Å². The quantitative estimate of drug-likeness (QED) is 0.518. The summed E-state index contributed by atoms with van der Waals surface area (Å²) in [5.41, 5.74) is -0.531. The van der Waals surface area contributed by atoms with E-state index in [1.54, 1.807) is 12.1 Å². The van der Waals surface area contributed by atoms with E-state index in [1.807, 2.05) is 5.38 Å². The van der Waals surface area contributed by atoms with E-state index in [-0.39, 0.29) is 11.7 Å². The van der Waals surface area contributed by atoms with Crippen molar-refractivity contribution in [2.45, 2.75) is 12.5 Å². The van der Waals surface area contributed by atoms with Crippen LogP contribution >= 0.6 is 11.3 Å². The molecule has 9 heteroatoms. The van der Waals surface area contributed by atoms with Gasteiger partial charge in [-0.25, -0.2) is 4.79 Å². The Morgan fingerprint density at radius 1 is 1.37 bits per heavy atom. The van der Waals surface area contributed by atoms with Crippen LogP contribution in [-0.4, -0.2) is 53.5 Å². The van der Waals surface area contributed by atoms with Crippen molar-refractivity contribution in [1.82, 2.24) is 10.2 Å². The second kappa shape index (κ2) is 6.75. The topological polar surface area (TPSA) is 114 Å². The Kier molecular flexibility index (Phi) is 4.40. The summed E-state index contributed by atoms with van der Waals surface area (Å²) in [6, 6.07) is 3.37. The van der Waals surface area contributed by atoms with Crippen LogP contribution in [-0.2, 0) is 9.59 Å². The second-order valence-corrected chi connectivity index (χ2v) is 7.76. The van der Waals surface area contributed by atoms with Crippen LogP contribution < -0.4 is 15.0 Å². The highest BCUT2D eigenvalue weighted by atomic mass is 32.1. The molecule has 27 heavy (non-hydrogen) atoms. The number of thiophene rings is 1. The molecule has 2 aliphatic rings. The zero-order chi connectivity index (χ0) is 19.1. The zero-order valence-electron chi connectivity index (χ0n) is 14.3. The van der Waals surface area contributed by atoms with Crippen LogP contribution in [0.15, 0.2) is 29.8 Å². The molecule has 0 radical (unpaired) electrons. The third-order valence-electron chi connectivity index (χ3n) is 5.13. The van der Waals surface area contributed by atoms with E-state index in [9.17, 15) is 19.5 Å². The zero-order valence-corrected chi connectivity index (χ0v) is 15.1. The van der Waals surface area contributed by atoms with Gasteiger partial charge in [0.1, 0.15) is 5.97 Å². The van der Waals surface area contributed by atoms with E-state index >= 15 is 0 Å². The van der Waals surface area contributed by atoms with E-state index in [1.165, 1.54) is 17.5 Å². The van der Waals surface area contributed by atoms with Crippen molar-refractivity contribution in [1.29, 1.82) is 0 Å². The molecule has 2 aliphatic heterocycles. The number of nitrogens with one attached hydrogen (secondary N) is 1. The summed E-state index contributed by atoms with van der Waals surface area (Å²) in [5, 5.41) is 26.1. The number of hydrogen-bond acceptors (Lipinski definition) is 6. The van der Waals surface area contributed by atoms with Gasteiger partial charge >= 0.3 is 11.9 Å². The van der Waals surface area contributed by atoms with E-state index < -0.39 is 23.5 Å². The van der Waals surface area contributed by atoms with Crippen LogP contribution in [0.5, 0.6) is 0 Å². The van der Waals surface area contributed by atoms with Crippen molar-refractivity contribution >= 4 is 45.0 Å². The number of fused-ring (bicyclic) bond motifs is 3. The summed E-state index contributed by atoms with van der Waals surface area (Å²) in [6.07, 6.45) is 3.02. The minimum atomic E-state index is -1.67. The van der Waals surface area contributed by atoms with Gasteiger partial charge in [0.05, 0.1) is 11.5 Å². The standard InChI is InChI=1S/C18H17N3O5S/c22-16(23)6-14(18(25)26)21-8-11-2-4-27-15(11)5-13(21)17(24)19-12-9-20-3-1-10(12)7-20/h2,4-6,8,10,12H,1,3,7,9H2,(H2-,19,22,23,24,25,26)/b14-6+/t10-,12?/m0/s1. The number of carbonyl (C=O) groups is 3. The SMILES string of the molecule is O=C(O)/C=C(\C(=O)[O-])[n+]1cc2ccsc2cc1C(=O)NC1CN2CC[C@H]1C2. The van der Waals surface area contributed by atoms with Crippen molar-refractivity contribution in [2.24, 2.45) is 5.92 Å². The fourth-order valence-electron chi connectivity index (χ4n) is 3.87. The molecule has 0 saturated carbocycles. The van der Waals surface area contributed by atoms with Crippen molar-refractivity contribution in [2.75, 3.05) is 19.6 Å². The molecule has 0 aliphatic carbocycles. The van der Waals surface area contributed by atoms with Gasteiger partial charge in [0.15, 0.2) is 6.20 Å². The first-order chi connectivity index (χ1) is 12.9. The number of pyridine rings is 1. The lowest BCUT2D eigenvalue weighted by Gasteiger charge is -2.22. The number of aromatic nitrogens is 1. The lowest BCUT2D eigenvalue weighted by Crippen LogP contribution is -2.51. The molecule has 4 heterocycles. The van der Waals surface area contributed by atoms with Gasteiger partial charge in [0, 0.05) is 29.9 Å². The Morgan fingerprint density at radius 3 is 2.81 bits per heavy atom. The lowest BCUT2D eigenvalue weighted by molar-refractivity contribution is -0.582. The van der Waals surface area contributed by atoms with Crippen molar-refractivity contribution in [3.8, 4) is 0 Å². The minimum Gasteiger partial charge on any atom is -0.539 e. The van der Waals surface area contributed by atoms with Crippen LogP contribution in [0.4, 0.5) is 0 Å². The molecule has 4 rings (SSSR count). The van der Waals surface area contributed by atoms with Gasteiger partial charge in [-0.05, 0) is 30.3 Å². The van der Waals surface area contributed by atoms with E-state index in [4.69, 9.17) is 5.11 Å². The molecule has 3 atom stereocenters. The maximum Gasteiger partial charge on any atom is 0.335 e. The third kappa shape index (κ3) is 3.31. The molecule has 2 aromatic rings. The van der Waals surface area contributed by atoms with Gasteiger partial charge < -0.3 is 25.2 Å². The maximum absolute atomic E-state index is 12.9. The number of nitrogens with zero attached hydrogens (tertiary/aromatic N) is 2. The second-order valence-electron chi connectivity index (χ2n) is 6.81. The predicted octanol–water partition coefficient (Wildman–Crippen LogP) is -0.702. The molecule has 2 fully saturated rings. The highest BCUT2D eigenvalue weighted by Gasteiger charge is 2.40. The molecule has 1 amide bonds. The Labute approximate surface area is 158 Å². The molecule has 8 nitrogen and oxygen atoms in total. The number of amides is 1. The lowest BCUT2D eigenvalue weighted by atomic mass is 10.00. The molecule has 2 N–H and O–H groups in total. The molecular weight excluding hydrogens is 370 g/mol. The number of rotatable bonds is 5. The molecule has 140 valence electrons. The third-order valence-corrected chi connectivity index (χ3v) is 6.01. The molecule has 0 spiro atoms. The summed E-state index contributed by atoms with van der Waals surface area (Å²) >= 11 is 1.42. The number of carbonyl (C=O) groups excluding carboxylic acids is 2. The van der Waals surface area contributed by atoms with Crippen LogP contribution in [0.3, 0.4) is 0 Å². The predicted molar refractivity (Wildman–Crippen MR) is 94.7 cm³/mol. The molecule has 2 aromatic heterocycles. The molecule has 2 saturated heterocycles. The first kappa shape index (κ1) is 17.6. The summed E-state index contributed by atoms with van der Waals surface area (Å²) in [7, 11) is 0. The maximum atomic E-state index is 12.9. The molecule has 0 aromatic carbocycles. The van der Waals surface area contributed by atoms with Gasteiger partial charge in [0.2, 0.25) is 5.70 Å². The molecular formula is C18H17N3O5S. The van der Waals surface area contributed by atoms with Crippen molar-refractivity contribution in [3.63, 3.8) is 0 Å². The van der Waals surface area contributed by atoms with Crippen LogP contribution in [0.25, 0.3) is 15.8 Å². The summed E-state index contributed by atoms with van der Waals surface area (Å²) in [4.78, 5) is 37.8. The highest BCUT2D eigenvalue weighted by molar-refractivity contribution is 7.17. The Hall–Kier alpha value is -2.78. The average Bonchev–Trinajstić information content (AvgIpc) is 3.34. The van der Waals surface area contributed by atoms with Gasteiger partial charge in [-0.3, -0.25) is 4.79 Å². The minimum absolute atomic E-state index is 0.00795. The summed E-state index contributed by atoms with van der Waals surface area (Å²) in [6.45, 7) is 2.77. The normalized spacial score (nSPS) is 24.3. The van der Waals surface area contributed by atoms with E-state index in [0.29, 0.717) is 17.4 Å². The number of carboxylic acid groups (broad SMARTS) is 2. The van der Waals surface area contributed by atoms with E-state index in [2.05, 4.69) is 10.2 Å². The Morgan fingerprint density at radius 2 is 2.19 bits per heavy atom. The van der Waals surface area contributed by atoms with Gasteiger partial charge in [0.25, 0.3) is 5.69 Å². The van der Waals surface area contributed by atoms with Gasteiger partial charge in [-0.1, -0.05) is 0 Å². The highest BCUT2D eigenvalue weighted by Crippen LogP contribution is 2.28. The largest absolute Gasteiger partial charge is 0.539 e.